The fourth-order valence-electron chi connectivity index (χ4n) is 4.69. The van der Waals surface area contributed by atoms with Crippen LogP contribution in [0.3, 0.4) is 0 Å². The third-order valence-corrected chi connectivity index (χ3v) is 5.94. The molecule has 3 heteroatoms. The molecule has 1 N–H and O–H groups in total. The Morgan fingerprint density at radius 3 is 2.81 bits per heavy atom. The van der Waals surface area contributed by atoms with Gasteiger partial charge in [0.05, 0.1) is 0 Å². The van der Waals surface area contributed by atoms with Gasteiger partial charge in [-0.1, -0.05) is 29.3 Å². The van der Waals surface area contributed by atoms with E-state index in [9.17, 15) is 4.39 Å². The molecular weight excluding hydrogens is 329 g/mol. The summed E-state index contributed by atoms with van der Waals surface area (Å²) >= 11 is 3.43. The smallest absolute Gasteiger partial charge is 0.124 e. The molecule has 2 aliphatic rings. The Kier molecular flexibility index (Phi) is 4.70. The molecule has 0 amide bonds. The van der Waals surface area contributed by atoms with Crippen LogP contribution in [0.2, 0.25) is 0 Å². The molecule has 0 spiro atoms. The van der Waals surface area contributed by atoms with Crippen LogP contribution in [0.1, 0.15) is 44.6 Å². The van der Waals surface area contributed by atoms with E-state index in [-0.39, 0.29) is 5.82 Å². The van der Waals surface area contributed by atoms with Gasteiger partial charge in [0, 0.05) is 11.0 Å². The molecule has 0 radical (unpaired) electrons. The van der Waals surface area contributed by atoms with Crippen LogP contribution in [0, 0.1) is 23.1 Å². The van der Waals surface area contributed by atoms with Crippen molar-refractivity contribution in [2.75, 3.05) is 13.1 Å². The fourth-order valence-corrected chi connectivity index (χ4v) is 5.20. The first-order chi connectivity index (χ1) is 10.1. The molecule has 3 atom stereocenters. The van der Waals surface area contributed by atoms with Crippen molar-refractivity contribution in [2.24, 2.45) is 17.3 Å². The van der Waals surface area contributed by atoms with Gasteiger partial charge in [0.25, 0.3) is 0 Å². The van der Waals surface area contributed by atoms with Gasteiger partial charge in [-0.3, -0.25) is 0 Å². The standard InChI is InChI=1S/C18H25BrFN/c1-2-5-21-12-18(10-13-3-4-15(18)6-13)11-14-7-16(19)9-17(20)8-14/h7-9,13,15,21H,2-6,10-12H2,1H3. The SMILES string of the molecule is CCCNCC1(Cc2cc(F)cc(Br)c2)CC2CCC1C2. The molecule has 2 aliphatic carbocycles. The van der Waals surface area contributed by atoms with Gasteiger partial charge in [-0.05, 0) is 79.7 Å². The summed E-state index contributed by atoms with van der Waals surface area (Å²) in [5, 5.41) is 3.65. The number of halogens is 2. The van der Waals surface area contributed by atoms with Gasteiger partial charge in [0.1, 0.15) is 5.82 Å². The second kappa shape index (κ2) is 6.37. The minimum Gasteiger partial charge on any atom is -0.316 e. The predicted octanol–water partition coefficient (Wildman–Crippen LogP) is 4.94. The topological polar surface area (TPSA) is 12.0 Å². The third kappa shape index (κ3) is 3.34. The Hall–Kier alpha value is -0.410. The zero-order chi connectivity index (χ0) is 14.9. The van der Waals surface area contributed by atoms with Crippen LogP contribution in [0.15, 0.2) is 22.7 Å². The number of rotatable bonds is 6. The molecule has 0 saturated heterocycles. The molecule has 0 aromatic heterocycles. The molecule has 0 aliphatic heterocycles. The predicted molar refractivity (Wildman–Crippen MR) is 88.8 cm³/mol. The van der Waals surface area contributed by atoms with Gasteiger partial charge < -0.3 is 5.32 Å². The lowest BCUT2D eigenvalue weighted by atomic mass is 9.69. The molecule has 1 nitrogen and oxygen atoms in total. The van der Waals surface area contributed by atoms with Crippen molar-refractivity contribution in [3.8, 4) is 0 Å². The number of fused-ring (bicyclic) bond motifs is 2. The van der Waals surface area contributed by atoms with Crippen LogP contribution < -0.4 is 5.32 Å². The highest BCUT2D eigenvalue weighted by Crippen LogP contribution is 2.57. The highest BCUT2D eigenvalue weighted by molar-refractivity contribution is 9.10. The molecular formula is C18H25BrFN. The minimum absolute atomic E-state index is 0.126. The normalized spacial score (nSPS) is 31.0. The van der Waals surface area contributed by atoms with E-state index in [0.717, 1.165) is 41.4 Å². The number of nitrogens with one attached hydrogen (secondary N) is 1. The lowest BCUT2D eigenvalue weighted by molar-refractivity contribution is 0.156. The summed E-state index contributed by atoms with van der Waals surface area (Å²) in [6, 6.07) is 5.36. The van der Waals surface area contributed by atoms with Gasteiger partial charge in [-0.15, -0.1) is 0 Å². The van der Waals surface area contributed by atoms with E-state index < -0.39 is 0 Å². The molecule has 116 valence electrons. The maximum absolute atomic E-state index is 13.7. The summed E-state index contributed by atoms with van der Waals surface area (Å²) in [7, 11) is 0. The Balaban J connectivity index is 1.79. The summed E-state index contributed by atoms with van der Waals surface area (Å²) in [4.78, 5) is 0. The summed E-state index contributed by atoms with van der Waals surface area (Å²) in [5.41, 5.74) is 1.50. The maximum atomic E-state index is 13.7. The minimum atomic E-state index is -0.126. The first kappa shape index (κ1) is 15.5. The van der Waals surface area contributed by atoms with E-state index in [1.165, 1.54) is 32.1 Å². The molecule has 3 rings (SSSR count). The zero-order valence-electron chi connectivity index (χ0n) is 12.8. The van der Waals surface area contributed by atoms with Crippen molar-refractivity contribution >= 4 is 15.9 Å². The monoisotopic (exact) mass is 353 g/mol. The van der Waals surface area contributed by atoms with Crippen molar-refractivity contribution in [3.63, 3.8) is 0 Å². The second-order valence-electron chi connectivity index (χ2n) is 7.07. The van der Waals surface area contributed by atoms with E-state index in [4.69, 9.17) is 0 Å². The highest BCUT2D eigenvalue weighted by atomic mass is 79.9. The first-order valence-corrected chi connectivity index (χ1v) is 9.06. The Labute approximate surface area is 135 Å². The van der Waals surface area contributed by atoms with Gasteiger partial charge in [-0.25, -0.2) is 4.39 Å². The Morgan fingerprint density at radius 2 is 2.19 bits per heavy atom. The summed E-state index contributed by atoms with van der Waals surface area (Å²) in [6.45, 7) is 4.40. The molecule has 0 heterocycles. The molecule has 2 fully saturated rings. The van der Waals surface area contributed by atoms with E-state index in [0.29, 0.717) is 5.41 Å². The summed E-state index contributed by atoms with van der Waals surface area (Å²) < 4.78 is 14.5. The van der Waals surface area contributed by atoms with Gasteiger partial charge in [-0.2, -0.15) is 0 Å². The van der Waals surface area contributed by atoms with Crippen molar-refractivity contribution in [1.82, 2.24) is 5.32 Å². The zero-order valence-corrected chi connectivity index (χ0v) is 14.4. The van der Waals surface area contributed by atoms with Crippen LogP contribution >= 0.6 is 15.9 Å². The van der Waals surface area contributed by atoms with Crippen molar-refractivity contribution in [3.05, 3.63) is 34.1 Å². The van der Waals surface area contributed by atoms with Crippen molar-refractivity contribution < 1.29 is 4.39 Å². The quantitative estimate of drug-likeness (QED) is 0.714. The lowest BCUT2D eigenvalue weighted by Crippen LogP contribution is -2.40. The van der Waals surface area contributed by atoms with Gasteiger partial charge in [0.15, 0.2) is 0 Å². The molecule has 2 bridgehead atoms. The maximum Gasteiger partial charge on any atom is 0.124 e. The largest absolute Gasteiger partial charge is 0.316 e. The van der Waals surface area contributed by atoms with Crippen molar-refractivity contribution in [1.29, 1.82) is 0 Å². The molecule has 1 aromatic carbocycles. The van der Waals surface area contributed by atoms with Gasteiger partial charge >= 0.3 is 0 Å². The van der Waals surface area contributed by atoms with Crippen molar-refractivity contribution in [2.45, 2.75) is 45.4 Å². The Morgan fingerprint density at radius 1 is 1.33 bits per heavy atom. The van der Waals surface area contributed by atoms with Crippen LogP contribution in [0.4, 0.5) is 4.39 Å². The van der Waals surface area contributed by atoms with Gasteiger partial charge in [0.2, 0.25) is 0 Å². The second-order valence-corrected chi connectivity index (χ2v) is 7.99. The number of hydrogen-bond donors (Lipinski definition) is 1. The van der Waals surface area contributed by atoms with E-state index in [1.54, 1.807) is 12.1 Å². The average molecular weight is 354 g/mol. The van der Waals surface area contributed by atoms with Crippen LogP contribution in [0.25, 0.3) is 0 Å². The van der Waals surface area contributed by atoms with Crippen LogP contribution in [0.5, 0.6) is 0 Å². The van der Waals surface area contributed by atoms with E-state index >= 15 is 0 Å². The Bertz CT molecular complexity index is 484. The fraction of sp³-hybridized carbons (Fsp3) is 0.667. The van der Waals surface area contributed by atoms with Crippen LogP contribution in [-0.2, 0) is 6.42 Å². The third-order valence-electron chi connectivity index (χ3n) is 5.48. The molecule has 21 heavy (non-hydrogen) atoms. The molecule has 3 unspecified atom stereocenters. The summed E-state index contributed by atoms with van der Waals surface area (Å²) in [6.07, 6.45) is 7.69. The molecule has 2 saturated carbocycles. The lowest BCUT2D eigenvalue weighted by Gasteiger charge is -2.38. The van der Waals surface area contributed by atoms with E-state index in [2.05, 4.69) is 34.2 Å². The highest BCUT2D eigenvalue weighted by Gasteiger charge is 2.50. The number of hydrogen-bond acceptors (Lipinski definition) is 1. The summed E-state index contributed by atoms with van der Waals surface area (Å²) in [5.74, 6) is 1.61. The van der Waals surface area contributed by atoms with Crippen LogP contribution in [-0.4, -0.2) is 13.1 Å². The number of benzene rings is 1. The first-order valence-electron chi connectivity index (χ1n) is 8.27. The molecule has 1 aromatic rings. The van der Waals surface area contributed by atoms with E-state index in [1.807, 2.05) is 0 Å². The average Bonchev–Trinajstić information content (AvgIpc) is 2.98.